The van der Waals surface area contributed by atoms with E-state index in [0.29, 0.717) is 19.3 Å². The molecule has 0 amide bonds. The summed E-state index contributed by atoms with van der Waals surface area (Å²) in [7, 11) is 0.999. The highest BCUT2D eigenvalue weighted by Gasteiger charge is 2.04. The van der Waals surface area contributed by atoms with Crippen molar-refractivity contribution in [3.8, 4) is 0 Å². The van der Waals surface area contributed by atoms with Crippen LogP contribution >= 0.6 is 8.69 Å². The number of rotatable bonds is 9. The van der Waals surface area contributed by atoms with Gasteiger partial charge >= 0.3 is 14.7 Å². The third kappa shape index (κ3) is 10.1. The average Bonchev–Trinajstić information content (AvgIpc) is 2.34. The number of ether oxygens (including phenoxy) is 1. The van der Waals surface area contributed by atoms with E-state index in [0.717, 1.165) is 5.57 Å². The monoisotopic (exact) mass is 274 g/mol. The molecule has 1 atom stereocenters. The Balaban J connectivity index is 3.88. The highest BCUT2D eigenvalue weighted by atomic mass is 31.1. The summed E-state index contributed by atoms with van der Waals surface area (Å²) in [6, 6.07) is 0. The third-order valence-corrected chi connectivity index (χ3v) is 2.42. The minimum Gasteiger partial charge on any atom is -0.469 e. The Morgan fingerprint density at radius 2 is 2.22 bits per heavy atom. The van der Waals surface area contributed by atoms with Gasteiger partial charge < -0.3 is 9.84 Å². The van der Waals surface area contributed by atoms with Crippen LogP contribution in [0, 0.1) is 0 Å². The van der Waals surface area contributed by atoms with E-state index in [1.807, 2.05) is 6.92 Å². The SMILES string of the molecule is COC(=O)CCCC(O)C=C(C)C=CCOP=O. The normalized spacial score (nSPS) is 14.1. The lowest BCUT2D eigenvalue weighted by Gasteiger charge is -2.05. The zero-order chi connectivity index (χ0) is 13.8. The zero-order valence-corrected chi connectivity index (χ0v) is 11.6. The molecule has 0 spiro atoms. The lowest BCUT2D eigenvalue weighted by Crippen LogP contribution is -2.06. The van der Waals surface area contributed by atoms with Crippen LogP contribution < -0.4 is 0 Å². The van der Waals surface area contributed by atoms with Gasteiger partial charge in [-0.25, -0.2) is 4.57 Å². The molecule has 6 heteroatoms. The molecule has 102 valence electrons. The molecule has 5 nitrogen and oxygen atoms in total. The van der Waals surface area contributed by atoms with Gasteiger partial charge in [0.1, 0.15) is 0 Å². The van der Waals surface area contributed by atoms with Crippen molar-refractivity contribution in [3.05, 3.63) is 23.8 Å². The van der Waals surface area contributed by atoms with Crippen LogP contribution in [0.2, 0.25) is 0 Å². The van der Waals surface area contributed by atoms with E-state index >= 15 is 0 Å². The Hall–Kier alpha value is -1.03. The summed E-state index contributed by atoms with van der Waals surface area (Å²) in [4.78, 5) is 10.8. The van der Waals surface area contributed by atoms with Crippen LogP contribution in [0.3, 0.4) is 0 Å². The smallest absolute Gasteiger partial charge is 0.327 e. The van der Waals surface area contributed by atoms with Crippen molar-refractivity contribution in [2.45, 2.75) is 32.3 Å². The van der Waals surface area contributed by atoms with Crippen LogP contribution in [0.5, 0.6) is 0 Å². The molecule has 0 bridgehead atoms. The maximum absolute atomic E-state index is 10.8. The Bertz CT molecular complexity index is 312. The summed E-state index contributed by atoms with van der Waals surface area (Å²) < 4.78 is 19.1. The van der Waals surface area contributed by atoms with Crippen molar-refractivity contribution in [1.29, 1.82) is 0 Å². The molecular formula is C12H19O5P. The molecule has 1 unspecified atom stereocenters. The number of aliphatic hydroxyl groups is 1. The fourth-order valence-corrected chi connectivity index (χ4v) is 1.45. The van der Waals surface area contributed by atoms with Crippen LogP contribution in [0.4, 0.5) is 0 Å². The minimum atomic E-state index is -0.585. The Kier molecular flexibility index (Phi) is 10.4. The fraction of sp³-hybridized carbons (Fsp3) is 0.583. The first-order chi connectivity index (χ1) is 8.60. The number of methoxy groups -OCH3 is 1. The van der Waals surface area contributed by atoms with Crippen LogP contribution in [0.1, 0.15) is 26.2 Å². The summed E-state index contributed by atoms with van der Waals surface area (Å²) in [5, 5.41) is 9.66. The summed E-state index contributed by atoms with van der Waals surface area (Å²) in [6.45, 7) is 2.10. The first-order valence-corrected chi connectivity index (χ1v) is 6.37. The van der Waals surface area contributed by atoms with Crippen molar-refractivity contribution in [3.63, 3.8) is 0 Å². The van der Waals surface area contributed by atoms with Gasteiger partial charge in [0.25, 0.3) is 0 Å². The summed E-state index contributed by atoms with van der Waals surface area (Å²) in [6.07, 6.45) is 6.00. The molecule has 0 aromatic rings. The number of esters is 1. The summed E-state index contributed by atoms with van der Waals surface area (Å²) in [5.41, 5.74) is 0.881. The molecule has 0 rings (SSSR count). The molecule has 0 aliphatic rings. The molecule has 0 saturated carbocycles. The number of allylic oxidation sites excluding steroid dienone is 2. The molecule has 0 aromatic heterocycles. The number of hydrogen-bond acceptors (Lipinski definition) is 5. The van der Waals surface area contributed by atoms with E-state index in [1.54, 1.807) is 18.2 Å². The lowest BCUT2D eigenvalue weighted by atomic mass is 10.1. The second-order valence-corrected chi connectivity index (χ2v) is 4.13. The highest BCUT2D eigenvalue weighted by Crippen LogP contribution is 2.07. The largest absolute Gasteiger partial charge is 0.469 e. The molecule has 0 aromatic carbocycles. The van der Waals surface area contributed by atoms with Crippen molar-refractivity contribution in [2.75, 3.05) is 13.7 Å². The fourth-order valence-electron chi connectivity index (χ4n) is 1.31. The first-order valence-electron chi connectivity index (χ1n) is 5.64. The van der Waals surface area contributed by atoms with E-state index in [-0.39, 0.29) is 21.3 Å². The lowest BCUT2D eigenvalue weighted by molar-refractivity contribution is -0.140. The maximum atomic E-state index is 10.8. The molecule has 1 N–H and O–H groups in total. The van der Waals surface area contributed by atoms with Crippen LogP contribution in [-0.2, 0) is 18.6 Å². The van der Waals surface area contributed by atoms with Gasteiger partial charge in [0.2, 0.25) is 0 Å². The highest BCUT2D eigenvalue weighted by molar-refractivity contribution is 7.17. The van der Waals surface area contributed by atoms with Crippen molar-refractivity contribution in [1.82, 2.24) is 0 Å². The van der Waals surface area contributed by atoms with Gasteiger partial charge in [-0.2, -0.15) is 0 Å². The van der Waals surface area contributed by atoms with Crippen LogP contribution in [-0.4, -0.2) is 30.9 Å². The maximum Gasteiger partial charge on any atom is 0.327 e. The van der Waals surface area contributed by atoms with Gasteiger partial charge in [-0.3, -0.25) is 9.32 Å². The first kappa shape index (κ1) is 17.0. The van der Waals surface area contributed by atoms with Gasteiger partial charge in [0.05, 0.1) is 19.8 Å². The number of aliphatic hydroxyl groups excluding tert-OH is 1. The predicted octanol–water partition coefficient (Wildman–Crippen LogP) is 2.42. The molecule has 0 heterocycles. The van der Waals surface area contributed by atoms with Crippen molar-refractivity contribution < 1.29 is 23.7 Å². The van der Waals surface area contributed by atoms with E-state index < -0.39 is 6.10 Å². The molecular weight excluding hydrogens is 255 g/mol. The minimum absolute atomic E-state index is 0.259. The summed E-state index contributed by atoms with van der Waals surface area (Å²) >= 11 is 0. The standard InChI is InChI=1S/C12H19O5P/c1-10(5-4-8-17-18-15)9-11(13)6-3-7-12(14)16-2/h4-5,9,11,13H,3,6-8H2,1-2H3. The Morgan fingerprint density at radius 1 is 1.50 bits per heavy atom. The van der Waals surface area contributed by atoms with Crippen LogP contribution in [0.15, 0.2) is 23.8 Å². The second kappa shape index (κ2) is 11.1. The summed E-state index contributed by atoms with van der Waals surface area (Å²) in [5.74, 6) is -0.267. The topological polar surface area (TPSA) is 72.8 Å². The Labute approximate surface area is 109 Å². The molecule has 0 aliphatic heterocycles. The van der Waals surface area contributed by atoms with Gasteiger partial charge in [-0.1, -0.05) is 23.8 Å². The quantitative estimate of drug-likeness (QED) is 0.302. The number of hydrogen-bond donors (Lipinski definition) is 1. The third-order valence-electron chi connectivity index (χ3n) is 2.17. The van der Waals surface area contributed by atoms with E-state index in [4.69, 9.17) is 0 Å². The molecule has 0 saturated heterocycles. The van der Waals surface area contributed by atoms with Gasteiger partial charge in [0.15, 0.2) is 0 Å². The van der Waals surface area contributed by atoms with Crippen LogP contribution in [0.25, 0.3) is 0 Å². The van der Waals surface area contributed by atoms with E-state index in [9.17, 15) is 14.5 Å². The van der Waals surface area contributed by atoms with E-state index in [1.165, 1.54) is 7.11 Å². The zero-order valence-electron chi connectivity index (χ0n) is 10.7. The molecule has 0 aliphatic carbocycles. The van der Waals surface area contributed by atoms with Gasteiger partial charge in [0, 0.05) is 6.42 Å². The molecule has 0 fully saturated rings. The van der Waals surface area contributed by atoms with Crippen molar-refractivity contribution >= 4 is 14.7 Å². The average molecular weight is 274 g/mol. The number of carbonyl (C=O) groups excluding carboxylic acids is 1. The predicted molar refractivity (Wildman–Crippen MR) is 68.3 cm³/mol. The second-order valence-electron chi connectivity index (χ2n) is 3.72. The number of carbonyl (C=O) groups is 1. The van der Waals surface area contributed by atoms with Gasteiger partial charge in [-0.15, -0.1) is 0 Å². The Morgan fingerprint density at radius 3 is 2.83 bits per heavy atom. The van der Waals surface area contributed by atoms with Gasteiger partial charge in [-0.05, 0) is 19.8 Å². The molecule has 18 heavy (non-hydrogen) atoms. The van der Waals surface area contributed by atoms with Crippen molar-refractivity contribution in [2.24, 2.45) is 0 Å². The molecule has 0 radical (unpaired) electrons. The van der Waals surface area contributed by atoms with E-state index in [2.05, 4.69) is 9.26 Å².